The summed E-state index contributed by atoms with van der Waals surface area (Å²) in [4.78, 5) is 24.6. The second-order valence-corrected chi connectivity index (χ2v) is 5.69. The van der Waals surface area contributed by atoms with E-state index < -0.39 is 5.97 Å². The number of carbonyl (C=O) groups is 2. The Balaban J connectivity index is 1.86. The van der Waals surface area contributed by atoms with Crippen molar-refractivity contribution in [3.63, 3.8) is 0 Å². The molecule has 0 radical (unpaired) electrons. The van der Waals surface area contributed by atoms with Gasteiger partial charge in [0.2, 0.25) is 0 Å². The van der Waals surface area contributed by atoms with E-state index in [1.807, 2.05) is 6.07 Å². The van der Waals surface area contributed by atoms with Crippen molar-refractivity contribution in [3.05, 3.63) is 23.8 Å². The molecule has 7 nitrogen and oxygen atoms in total. The number of carbonyl (C=O) groups excluding carboxylic acids is 1. The molecule has 1 saturated heterocycles. The van der Waals surface area contributed by atoms with Crippen molar-refractivity contribution in [2.45, 2.75) is 19.3 Å². The standard InChI is InChI=1S/C17H20N2O5/c1-23-15-8-13(10-18)2-3-14(15)24-11-16(20)19-6-4-12(5-7-19)9-17(21)22/h2-3,8,12H,4-7,9,11H2,1H3,(H,21,22). The number of amides is 1. The topological polar surface area (TPSA) is 99.9 Å². The lowest BCUT2D eigenvalue weighted by atomic mass is 9.94. The predicted octanol–water partition coefficient (Wildman–Crippen LogP) is 1.66. The lowest BCUT2D eigenvalue weighted by molar-refractivity contribution is -0.139. The molecule has 128 valence electrons. The molecule has 0 aliphatic carbocycles. The van der Waals surface area contributed by atoms with Crippen molar-refractivity contribution >= 4 is 11.9 Å². The van der Waals surface area contributed by atoms with E-state index in [1.165, 1.54) is 7.11 Å². The van der Waals surface area contributed by atoms with Crippen LogP contribution in [0, 0.1) is 17.2 Å². The Morgan fingerprint density at radius 1 is 1.33 bits per heavy atom. The number of nitrogens with zero attached hydrogens (tertiary/aromatic N) is 2. The summed E-state index contributed by atoms with van der Waals surface area (Å²) in [7, 11) is 1.47. The smallest absolute Gasteiger partial charge is 0.303 e. The summed E-state index contributed by atoms with van der Waals surface area (Å²) in [5.74, 6) is 0.00456. The van der Waals surface area contributed by atoms with Crippen LogP contribution < -0.4 is 9.47 Å². The van der Waals surface area contributed by atoms with Gasteiger partial charge in [0.25, 0.3) is 5.91 Å². The highest BCUT2D eigenvalue weighted by atomic mass is 16.5. The van der Waals surface area contributed by atoms with E-state index in [9.17, 15) is 9.59 Å². The third kappa shape index (κ3) is 4.62. The SMILES string of the molecule is COc1cc(C#N)ccc1OCC(=O)N1CCC(CC(=O)O)CC1. The van der Waals surface area contributed by atoms with E-state index in [0.717, 1.165) is 0 Å². The molecule has 0 bridgehead atoms. The summed E-state index contributed by atoms with van der Waals surface area (Å²) >= 11 is 0. The predicted molar refractivity (Wildman–Crippen MR) is 84.8 cm³/mol. The van der Waals surface area contributed by atoms with Crippen LogP contribution in [0.15, 0.2) is 18.2 Å². The van der Waals surface area contributed by atoms with E-state index >= 15 is 0 Å². The summed E-state index contributed by atoms with van der Waals surface area (Å²) < 4.78 is 10.7. The molecule has 24 heavy (non-hydrogen) atoms. The van der Waals surface area contributed by atoms with E-state index in [-0.39, 0.29) is 24.9 Å². The average Bonchev–Trinajstić information content (AvgIpc) is 2.59. The summed E-state index contributed by atoms with van der Waals surface area (Å²) in [6.45, 7) is 0.973. The van der Waals surface area contributed by atoms with Crippen LogP contribution in [0.25, 0.3) is 0 Å². The van der Waals surface area contributed by atoms with Crippen LogP contribution in [-0.2, 0) is 9.59 Å². The number of carboxylic acids is 1. The van der Waals surface area contributed by atoms with Crippen LogP contribution in [0.2, 0.25) is 0 Å². The van der Waals surface area contributed by atoms with Gasteiger partial charge in [-0.05, 0) is 30.9 Å². The number of likely N-dealkylation sites (tertiary alicyclic amines) is 1. The Morgan fingerprint density at radius 2 is 2.04 bits per heavy atom. The van der Waals surface area contributed by atoms with E-state index in [1.54, 1.807) is 23.1 Å². The molecule has 0 aromatic heterocycles. The Morgan fingerprint density at radius 3 is 2.62 bits per heavy atom. The second kappa shape index (κ2) is 8.20. The fourth-order valence-corrected chi connectivity index (χ4v) is 2.72. The highest BCUT2D eigenvalue weighted by Gasteiger charge is 2.24. The number of nitriles is 1. The quantitative estimate of drug-likeness (QED) is 0.850. The number of hydrogen-bond donors (Lipinski definition) is 1. The van der Waals surface area contributed by atoms with Crippen molar-refractivity contribution in [3.8, 4) is 17.6 Å². The van der Waals surface area contributed by atoms with Gasteiger partial charge in [-0.25, -0.2) is 0 Å². The van der Waals surface area contributed by atoms with Crippen molar-refractivity contribution in [2.24, 2.45) is 5.92 Å². The minimum atomic E-state index is -0.795. The van der Waals surface area contributed by atoms with Crippen LogP contribution in [0.1, 0.15) is 24.8 Å². The molecule has 7 heteroatoms. The monoisotopic (exact) mass is 332 g/mol. The van der Waals surface area contributed by atoms with Gasteiger partial charge < -0.3 is 19.5 Å². The maximum absolute atomic E-state index is 12.2. The third-order valence-corrected chi connectivity index (χ3v) is 4.07. The maximum Gasteiger partial charge on any atom is 0.303 e. The molecular formula is C17H20N2O5. The van der Waals surface area contributed by atoms with Gasteiger partial charge in [-0.2, -0.15) is 5.26 Å². The van der Waals surface area contributed by atoms with Crippen LogP contribution >= 0.6 is 0 Å². The van der Waals surface area contributed by atoms with Gasteiger partial charge in [0.1, 0.15) is 0 Å². The molecule has 2 rings (SSSR count). The number of carboxylic acid groups (broad SMARTS) is 1. The zero-order valence-corrected chi connectivity index (χ0v) is 13.5. The zero-order valence-electron chi connectivity index (χ0n) is 13.5. The van der Waals surface area contributed by atoms with Crippen LogP contribution in [0.3, 0.4) is 0 Å². The van der Waals surface area contributed by atoms with Gasteiger partial charge in [-0.3, -0.25) is 9.59 Å². The third-order valence-electron chi connectivity index (χ3n) is 4.07. The molecule has 1 N–H and O–H groups in total. The van der Waals surface area contributed by atoms with Crippen molar-refractivity contribution < 1.29 is 24.2 Å². The van der Waals surface area contributed by atoms with Gasteiger partial charge in [0.05, 0.1) is 18.7 Å². The van der Waals surface area contributed by atoms with Gasteiger partial charge in [0.15, 0.2) is 18.1 Å². The van der Waals surface area contributed by atoms with Crippen molar-refractivity contribution in [1.29, 1.82) is 5.26 Å². The molecule has 1 fully saturated rings. The molecule has 1 amide bonds. The zero-order chi connectivity index (χ0) is 17.5. The van der Waals surface area contributed by atoms with E-state index in [0.29, 0.717) is 43.0 Å². The highest BCUT2D eigenvalue weighted by molar-refractivity contribution is 5.78. The molecule has 0 spiro atoms. The highest BCUT2D eigenvalue weighted by Crippen LogP contribution is 2.28. The molecule has 0 unspecified atom stereocenters. The minimum absolute atomic E-state index is 0.119. The number of aliphatic carboxylic acids is 1. The summed E-state index contributed by atoms with van der Waals surface area (Å²) in [5.41, 5.74) is 0.450. The van der Waals surface area contributed by atoms with Crippen LogP contribution in [0.5, 0.6) is 11.5 Å². The number of rotatable bonds is 6. The Labute approximate surface area is 140 Å². The first kappa shape index (κ1) is 17.6. The van der Waals surface area contributed by atoms with Gasteiger partial charge in [-0.15, -0.1) is 0 Å². The molecule has 1 aliphatic rings. The molecule has 1 aromatic carbocycles. The van der Waals surface area contributed by atoms with Crippen LogP contribution in [0.4, 0.5) is 0 Å². The fraction of sp³-hybridized carbons (Fsp3) is 0.471. The largest absolute Gasteiger partial charge is 0.493 e. The van der Waals surface area contributed by atoms with Crippen molar-refractivity contribution in [1.82, 2.24) is 4.90 Å². The fourth-order valence-electron chi connectivity index (χ4n) is 2.72. The van der Waals surface area contributed by atoms with Crippen molar-refractivity contribution in [2.75, 3.05) is 26.8 Å². The first-order chi connectivity index (χ1) is 11.5. The number of ether oxygens (including phenoxy) is 2. The van der Waals surface area contributed by atoms with Gasteiger partial charge >= 0.3 is 5.97 Å². The number of hydrogen-bond acceptors (Lipinski definition) is 5. The molecule has 1 heterocycles. The normalized spacial score (nSPS) is 14.8. The minimum Gasteiger partial charge on any atom is -0.493 e. The first-order valence-corrected chi connectivity index (χ1v) is 7.74. The molecule has 1 aromatic rings. The second-order valence-electron chi connectivity index (χ2n) is 5.69. The lowest BCUT2D eigenvalue weighted by Crippen LogP contribution is -2.41. The first-order valence-electron chi connectivity index (χ1n) is 7.74. The lowest BCUT2D eigenvalue weighted by Gasteiger charge is -2.31. The molecule has 0 saturated carbocycles. The van der Waals surface area contributed by atoms with Gasteiger partial charge in [0, 0.05) is 25.6 Å². The maximum atomic E-state index is 12.2. The Hall–Kier alpha value is -2.75. The molecular weight excluding hydrogens is 312 g/mol. The number of benzene rings is 1. The van der Waals surface area contributed by atoms with E-state index in [2.05, 4.69) is 0 Å². The summed E-state index contributed by atoms with van der Waals surface area (Å²) in [5, 5.41) is 17.7. The molecule has 0 atom stereocenters. The summed E-state index contributed by atoms with van der Waals surface area (Å²) in [6.07, 6.45) is 1.54. The number of piperidine rings is 1. The average molecular weight is 332 g/mol. The van der Waals surface area contributed by atoms with Gasteiger partial charge in [-0.1, -0.05) is 0 Å². The number of methoxy groups -OCH3 is 1. The Kier molecular flexibility index (Phi) is 6.01. The van der Waals surface area contributed by atoms with Crippen LogP contribution in [-0.4, -0.2) is 48.7 Å². The van der Waals surface area contributed by atoms with E-state index in [4.69, 9.17) is 19.8 Å². The molecule has 1 aliphatic heterocycles. The summed E-state index contributed by atoms with van der Waals surface area (Å²) in [6, 6.07) is 6.76. The Bertz CT molecular complexity index is 645.